The fraction of sp³-hybridized carbons (Fsp3) is 0.700. The number of aliphatic imine (C=N–C) groups is 1. The van der Waals surface area contributed by atoms with Crippen LogP contribution in [0.4, 0.5) is 0 Å². The van der Waals surface area contributed by atoms with E-state index in [1.807, 2.05) is 0 Å². The Morgan fingerprint density at radius 3 is 2.31 bits per heavy atom. The summed E-state index contributed by atoms with van der Waals surface area (Å²) in [5.41, 5.74) is 16.3. The monoisotopic (exact) mass is 501 g/mol. The van der Waals surface area contributed by atoms with Crippen LogP contribution >= 0.6 is 0 Å². The Kier molecular flexibility index (Phi) is 11.9. The SMILES string of the molecule is CC(O)C(NC(=O)C1CCCN1C(=O)C(CCCN=C(N)N)NC(=O)C(N)CCC(=O)O)C(=O)O. The number of carboxylic acids is 2. The molecule has 0 bridgehead atoms. The number of nitrogens with one attached hydrogen (secondary N) is 2. The molecule has 0 spiro atoms. The second kappa shape index (κ2) is 14.1. The number of nitrogens with two attached hydrogens (primary N) is 3. The van der Waals surface area contributed by atoms with Crippen LogP contribution in [-0.2, 0) is 24.0 Å². The Balaban J connectivity index is 2.98. The van der Waals surface area contributed by atoms with Gasteiger partial charge in [0.25, 0.3) is 0 Å². The molecular formula is C20H35N7O8. The van der Waals surface area contributed by atoms with Crippen LogP contribution in [0.3, 0.4) is 0 Å². The van der Waals surface area contributed by atoms with Gasteiger partial charge in [0.15, 0.2) is 12.0 Å². The van der Waals surface area contributed by atoms with Gasteiger partial charge in [0.05, 0.1) is 12.1 Å². The molecule has 0 aromatic carbocycles. The van der Waals surface area contributed by atoms with Gasteiger partial charge in [-0.05, 0) is 39.0 Å². The third-order valence-electron chi connectivity index (χ3n) is 5.45. The fourth-order valence-electron chi connectivity index (χ4n) is 3.59. The molecule has 0 aliphatic carbocycles. The van der Waals surface area contributed by atoms with Crippen LogP contribution in [-0.4, -0.2) is 99.2 Å². The van der Waals surface area contributed by atoms with Crippen LogP contribution in [0, 0.1) is 0 Å². The first-order valence-corrected chi connectivity index (χ1v) is 11.2. The van der Waals surface area contributed by atoms with E-state index in [9.17, 15) is 34.2 Å². The van der Waals surface area contributed by atoms with Crippen molar-refractivity contribution in [1.82, 2.24) is 15.5 Å². The summed E-state index contributed by atoms with van der Waals surface area (Å²) in [6.45, 7) is 1.58. The molecule has 1 aliphatic rings. The molecule has 198 valence electrons. The van der Waals surface area contributed by atoms with Crippen LogP contribution in [0.5, 0.6) is 0 Å². The molecule has 1 saturated heterocycles. The van der Waals surface area contributed by atoms with Crippen LogP contribution in [0.2, 0.25) is 0 Å². The van der Waals surface area contributed by atoms with Crippen molar-refractivity contribution in [3.63, 3.8) is 0 Å². The van der Waals surface area contributed by atoms with Crippen LogP contribution < -0.4 is 27.8 Å². The number of likely N-dealkylation sites (tertiary alicyclic amines) is 1. The third kappa shape index (κ3) is 9.74. The minimum absolute atomic E-state index is 0.100. The van der Waals surface area contributed by atoms with Crippen LogP contribution in [0.15, 0.2) is 4.99 Å². The van der Waals surface area contributed by atoms with E-state index in [4.69, 9.17) is 22.3 Å². The van der Waals surface area contributed by atoms with Gasteiger partial charge in [0.1, 0.15) is 12.1 Å². The molecule has 11 N–H and O–H groups in total. The number of rotatable bonds is 14. The van der Waals surface area contributed by atoms with Gasteiger partial charge in [-0.15, -0.1) is 0 Å². The van der Waals surface area contributed by atoms with E-state index in [1.165, 1.54) is 11.8 Å². The summed E-state index contributed by atoms with van der Waals surface area (Å²) in [5.74, 6) is -4.75. The molecule has 0 radical (unpaired) electrons. The van der Waals surface area contributed by atoms with Gasteiger partial charge in [-0.2, -0.15) is 0 Å². The molecule has 35 heavy (non-hydrogen) atoms. The molecule has 15 nitrogen and oxygen atoms in total. The number of hydrogen-bond donors (Lipinski definition) is 8. The molecule has 1 aliphatic heterocycles. The van der Waals surface area contributed by atoms with Crippen molar-refractivity contribution in [3.8, 4) is 0 Å². The molecule has 0 aromatic rings. The maximum absolute atomic E-state index is 13.3. The average molecular weight is 502 g/mol. The van der Waals surface area contributed by atoms with Gasteiger partial charge in [-0.25, -0.2) is 4.79 Å². The number of nitrogens with zero attached hydrogens (tertiary/aromatic N) is 2. The zero-order chi connectivity index (χ0) is 26.7. The van der Waals surface area contributed by atoms with Crippen LogP contribution in [0.1, 0.15) is 45.4 Å². The average Bonchev–Trinajstić information content (AvgIpc) is 3.26. The molecule has 1 heterocycles. The quantitative estimate of drug-likeness (QED) is 0.0662. The van der Waals surface area contributed by atoms with Gasteiger partial charge in [0, 0.05) is 19.5 Å². The van der Waals surface area contributed by atoms with E-state index < -0.39 is 59.9 Å². The molecule has 5 unspecified atom stereocenters. The normalized spacial score (nSPS) is 18.6. The second-order valence-electron chi connectivity index (χ2n) is 8.30. The largest absolute Gasteiger partial charge is 0.481 e. The summed E-state index contributed by atoms with van der Waals surface area (Å²) in [7, 11) is 0. The number of hydrogen-bond acceptors (Lipinski definition) is 8. The third-order valence-corrected chi connectivity index (χ3v) is 5.45. The van der Waals surface area contributed by atoms with Gasteiger partial charge in [-0.3, -0.25) is 24.2 Å². The van der Waals surface area contributed by atoms with E-state index in [0.717, 1.165) is 0 Å². The van der Waals surface area contributed by atoms with Gasteiger partial charge >= 0.3 is 11.9 Å². The highest BCUT2D eigenvalue weighted by atomic mass is 16.4. The Bertz CT molecular complexity index is 815. The van der Waals surface area contributed by atoms with Gasteiger partial charge in [0.2, 0.25) is 17.7 Å². The molecule has 0 saturated carbocycles. The van der Waals surface area contributed by atoms with Crippen LogP contribution in [0.25, 0.3) is 0 Å². The first-order valence-electron chi connectivity index (χ1n) is 11.2. The summed E-state index contributed by atoms with van der Waals surface area (Å²) >= 11 is 0. The van der Waals surface area contributed by atoms with E-state index in [2.05, 4.69) is 15.6 Å². The minimum atomic E-state index is -1.55. The van der Waals surface area contributed by atoms with E-state index >= 15 is 0 Å². The first-order chi connectivity index (χ1) is 16.3. The van der Waals surface area contributed by atoms with Gasteiger partial charge < -0.3 is 48.1 Å². The number of carboxylic acid groups (broad SMARTS) is 2. The highest BCUT2D eigenvalue weighted by Crippen LogP contribution is 2.20. The van der Waals surface area contributed by atoms with Crippen molar-refractivity contribution in [2.24, 2.45) is 22.2 Å². The molecule has 5 atom stereocenters. The minimum Gasteiger partial charge on any atom is -0.481 e. The molecule has 15 heteroatoms. The number of carbonyl (C=O) groups is 5. The van der Waals surface area contributed by atoms with Crippen molar-refractivity contribution in [2.45, 2.75) is 75.7 Å². The van der Waals surface area contributed by atoms with Crippen molar-refractivity contribution in [2.75, 3.05) is 13.1 Å². The predicted octanol–water partition coefficient (Wildman–Crippen LogP) is -3.34. The maximum atomic E-state index is 13.3. The lowest BCUT2D eigenvalue weighted by molar-refractivity contribution is -0.147. The zero-order valence-corrected chi connectivity index (χ0v) is 19.6. The number of guanidine groups is 1. The molecule has 3 amide bonds. The van der Waals surface area contributed by atoms with Gasteiger partial charge in [-0.1, -0.05) is 0 Å². The zero-order valence-electron chi connectivity index (χ0n) is 19.6. The van der Waals surface area contributed by atoms with E-state index in [1.54, 1.807) is 0 Å². The lowest BCUT2D eigenvalue weighted by Crippen LogP contribution is -2.57. The summed E-state index contributed by atoms with van der Waals surface area (Å²) in [4.78, 5) is 65.7. The van der Waals surface area contributed by atoms with Crippen molar-refractivity contribution < 1.29 is 39.3 Å². The first kappa shape index (κ1) is 29.6. The summed E-state index contributed by atoms with van der Waals surface area (Å²) < 4.78 is 0. The fourth-order valence-corrected chi connectivity index (χ4v) is 3.59. The maximum Gasteiger partial charge on any atom is 0.328 e. The molecule has 1 rings (SSSR count). The van der Waals surface area contributed by atoms with E-state index in [0.29, 0.717) is 12.8 Å². The molecular weight excluding hydrogens is 466 g/mol. The molecule has 1 fully saturated rings. The Morgan fingerprint density at radius 2 is 1.77 bits per heavy atom. The number of aliphatic carboxylic acids is 2. The highest BCUT2D eigenvalue weighted by Gasteiger charge is 2.39. The number of amides is 3. The standard InChI is InChI=1S/C20H35N7O8/c1-10(28)15(19(34)35)26-17(32)13-5-3-9-27(13)18(33)12(4-2-8-24-20(22)23)25-16(31)11(21)6-7-14(29)30/h10-13,15,28H,2-9,21H2,1H3,(H,25,31)(H,26,32)(H,29,30)(H,34,35)(H4,22,23,24). The summed E-state index contributed by atoms with van der Waals surface area (Å²) in [6, 6.07) is -4.82. The van der Waals surface area contributed by atoms with Crippen molar-refractivity contribution in [3.05, 3.63) is 0 Å². The van der Waals surface area contributed by atoms with Crippen molar-refractivity contribution >= 4 is 35.6 Å². The van der Waals surface area contributed by atoms with E-state index in [-0.39, 0.29) is 44.7 Å². The second-order valence-corrected chi connectivity index (χ2v) is 8.30. The number of aliphatic hydroxyl groups excluding tert-OH is 1. The predicted molar refractivity (Wildman–Crippen MR) is 123 cm³/mol. The lowest BCUT2D eigenvalue weighted by Gasteiger charge is -2.30. The molecule has 0 aromatic heterocycles. The Hall–Kier alpha value is -3.46. The summed E-state index contributed by atoms with van der Waals surface area (Å²) in [6.07, 6.45) is -0.715. The topological polar surface area (TPSA) is 264 Å². The summed E-state index contributed by atoms with van der Waals surface area (Å²) in [5, 5.41) is 32.4. The Labute approximate surface area is 202 Å². The lowest BCUT2D eigenvalue weighted by atomic mass is 10.1. The Morgan fingerprint density at radius 1 is 1.11 bits per heavy atom. The number of aliphatic hydroxyl groups is 1. The number of carbonyl (C=O) groups excluding carboxylic acids is 3. The van der Waals surface area contributed by atoms with Crippen molar-refractivity contribution in [1.29, 1.82) is 0 Å². The smallest absolute Gasteiger partial charge is 0.328 e. The highest BCUT2D eigenvalue weighted by molar-refractivity contribution is 5.94.